The van der Waals surface area contributed by atoms with Gasteiger partial charge in [-0.25, -0.2) is 4.98 Å². The highest BCUT2D eigenvalue weighted by atomic mass is 79.9. The molecule has 1 aromatic heterocycles. The molecule has 0 aliphatic rings. The van der Waals surface area contributed by atoms with Crippen LogP contribution in [0.2, 0.25) is 5.02 Å². The van der Waals surface area contributed by atoms with Crippen molar-refractivity contribution in [3.63, 3.8) is 0 Å². The summed E-state index contributed by atoms with van der Waals surface area (Å²) in [6.45, 7) is 2.06. The van der Waals surface area contributed by atoms with Gasteiger partial charge in [-0.2, -0.15) is 0 Å². The van der Waals surface area contributed by atoms with Crippen molar-refractivity contribution in [3.8, 4) is 0 Å². The van der Waals surface area contributed by atoms with Gasteiger partial charge in [0.1, 0.15) is 11.3 Å². The van der Waals surface area contributed by atoms with Gasteiger partial charge in [-0.1, -0.05) is 18.5 Å². The van der Waals surface area contributed by atoms with Gasteiger partial charge in [0.25, 0.3) is 0 Å². The molecule has 0 atom stereocenters. The minimum atomic E-state index is 0.714. The van der Waals surface area contributed by atoms with Crippen LogP contribution in [0, 0.1) is 0 Å². The van der Waals surface area contributed by atoms with Crippen molar-refractivity contribution >= 4 is 38.6 Å². The quantitative estimate of drug-likeness (QED) is 0.834. The number of rotatable bonds is 1. The number of halogens is 2. The summed E-state index contributed by atoms with van der Waals surface area (Å²) < 4.78 is 0.936. The summed E-state index contributed by atoms with van der Waals surface area (Å²) in [5.41, 5.74) is 1.93. The van der Waals surface area contributed by atoms with E-state index in [4.69, 9.17) is 11.6 Å². The fourth-order valence-corrected chi connectivity index (χ4v) is 2.16. The minimum absolute atomic E-state index is 0.714. The van der Waals surface area contributed by atoms with E-state index in [2.05, 4.69) is 32.8 Å². The van der Waals surface area contributed by atoms with Crippen LogP contribution in [0.3, 0.4) is 0 Å². The van der Waals surface area contributed by atoms with E-state index in [-0.39, 0.29) is 0 Å². The van der Waals surface area contributed by atoms with E-state index in [0.29, 0.717) is 5.02 Å². The molecule has 2 nitrogen and oxygen atoms in total. The maximum Gasteiger partial charge on any atom is 0.106 e. The lowest BCUT2D eigenvalue weighted by Crippen LogP contribution is -1.79. The summed E-state index contributed by atoms with van der Waals surface area (Å²) >= 11 is 9.32. The molecule has 0 saturated heterocycles. The number of benzene rings is 1. The van der Waals surface area contributed by atoms with Crippen molar-refractivity contribution in [2.45, 2.75) is 13.3 Å². The highest BCUT2D eigenvalue weighted by molar-refractivity contribution is 9.10. The van der Waals surface area contributed by atoms with Crippen molar-refractivity contribution in [1.29, 1.82) is 0 Å². The van der Waals surface area contributed by atoms with Crippen LogP contribution in [0.4, 0.5) is 0 Å². The first-order valence-corrected chi connectivity index (χ1v) is 5.21. The summed E-state index contributed by atoms with van der Waals surface area (Å²) in [7, 11) is 0. The third kappa shape index (κ3) is 1.58. The number of aromatic amines is 1. The van der Waals surface area contributed by atoms with E-state index in [1.54, 1.807) is 0 Å². The Balaban J connectivity index is 2.75. The molecule has 0 aliphatic carbocycles. The fraction of sp³-hybridized carbons (Fsp3) is 0.222. The minimum Gasteiger partial charge on any atom is -0.342 e. The van der Waals surface area contributed by atoms with E-state index in [0.717, 1.165) is 27.8 Å². The Hall–Kier alpha value is -0.540. The molecule has 13 heavy (non-hydrogen) atoms. The predicted octanol–water partition coefficient (Wildman–Crippen LogP) is 3.54. The van der Waals surface area contributed by atoms with Gasteiger partial charge in [0.05, 0.1) is 5.52 Å². The number of aryl methyl sites for hydroxylation is 1. The first-order chi connectivity index (χ1) is 6.20. The Labute approximate surface area is 89.4 Å². The van der Waals surface area contributed by atoms with Gasteiger partial charge in [-0.3, -0.25) is 0 Å². The largest absolute Gasteiger partial charge is 0.342 e. The van der Waals surface area contributed by atoms with Crippen LogP contribution < -0.4 is 0 Å². The Kier molecular flexibility index (Phi) is 2.30. The number of hydrogen-bond acceptors (Lipinski definition) is 1. The molecule has 0 unspecified atom stereocenters. The summed E-state index contributed by atoms with van der Waals surface area (Å²) in [6, 6.07) is 3.73. The molecule has 68 valence electrons. The van der Waals surface area contributed by atoms with Gasteiger partial charge in [-0.15, -0.1) is 0 Å². The lowest BCUT2D eigenvalue weighted by molar-refractivity contribution is 1.00. The zero-order valence-corrected chi connectivity index (χ0v) is 9.41. The van der Waals surface area contributed by atoms with Crippen molar-refractivity contribution < 1.29 is 0 Å². The van der Waals surface area contributed by atoms with Crippen LogP contribution in [0.1, 0.15) is 12.7 Å². The maximum absolute atomic E-state index is 5.90. The molecular formula is C9H8BrClN2. The van der Waals surface area contributed by atoms with Gasteiger partial charge < -0.3 is 4.98 Å². The van der Waals surface area contributed by atoms with Crippen molar-refractivity contribution in [1.82, 2.24) is 9.97 Å². The first kappa shape index (κ1) is 9.03. The number of aromatic nitrogens is 2. The number of imidazole rings is 1. The Morgan fingerprint density at radius 3 is 3.00 bits per heavy atom. The van der Waals surface area contributed by atoms with Crippen LogP contribution in [0.5, 0.6) is 0 Å². The van der Waals surface area contributed by atoms with Gasteiger partial charge in [0, 0.05) is 15.9 Å². The molecule has 4 heteroatoms. The fourth-order valence-electron chi connectivity index (χ4n) is 1.26. The summed E-state index contributed by atoms with van der Waals surface area (Å²) in [5.74, 6) is 0.984. The number of H-pyrrole nitrogens is 1. The smallest absolute Gasteiger partial charge is 0.106 e. The SMILES string of the molecule is CCc1nc2c(Br)cc(Cl)cc2[nH]1. The molecule has 1 N–H and O–H groups in total. The average molecular weight is 260 g/mol. The van der Waals surface area contributed by atoms with E-state index >= 15 is 0 Å². The Morgan fingerprint density at radius 1 is 1.54 bits per heavy atom. The van der Waals surface area contributed by atoms with Crippen LogP contribution >= 0.6 is 27.5 Å². The average Bonchev–Trinajstić information content (AvgIpc) is 2.47. The van der Waals surface area contributed by atoms with Crippen LogP contribution in [0.25, 0.3) is 11.0 Å². The number of nitrogens with one attached hydrogen (secondary N) is 1. The third-order valence-electron chi connectivity index (χ3n) is 1.89. The van der Waals surface area contributed by atoms with E-state index in [1.165, 1.54) is 0 Å². The third-order valence-corrected chi connectivity index (χ3v) is 2.71. The maximum atomic E-state index is 5.90. The second-order valence-electron chi connectivity index (χ2n) is 2.82. The van der Waals surface area contributed by atoms with Gasteiger partial charge >= 0.3 is 0 Å². The van der Waals surface area contributed by atoms with Gasteiger partial charge in [0.2, 0.25) is 0 Å². The lowest BCUT2D eigenvalue weighted by atomic mass is 10.3. The molecular weight excluding hydrogens is 251 g/mol. The summed E-state index contributed by atoms with van der Waals surface area (Å²) in [5, 5.41) is 0.714. The first-order valence-electron chi connectivity index (χ1n) is 4.04. The molecule has 0 spiro atoms. The van der Waals surface area contributed by atoms with Crippen LogP contribution in [0.15, 0.2) is 16.6 Å². The number of hydrogen-bond donors (Lipinski definition) is 1. The van der Waals surface area contributed by atoms with E-state index in [1.807, 2.05) is 12.1 Å². The van der Waals surface area contributed by atoms with Crippen LogP contribution in [-0.4, -0.2) is 9.97 Å². The predicted molar refractivity (Wildman–Crippen MR) is 58.2 cm³/mol. The second-order valence-corrected chi connectivity index (χ2v) is 4.11. The highest BCUT2D eigenvalue weighted by Crippen LogP contribution is 2.26. The molecule has 1 aromatic carbocycles. The Bertz CT molecular complexity index is 450. The molecule has 0 bridgehead atoms. The number of nitrogens with zero attached hydrogens (tertiary/aromatic N) is 1. The summed E-state index contributed by atoms with van der Waals surface area (Å²) in [4.78, 5) is 7.61. The van der Waals surface area contributed by atoms with Gasteiger partial charge in [0.15, 0.2) is 0 Å². The Morgan fingerprint density at radius 2 is 2.31 bits per heavy atom. The van der Waals surface area contributed by atoms with Crippen molar-refractivity contribution in [2.75, 3.05) is 0 Å². The zero-order valence-electron chi connectivity index (χ0n) is 7.06. The normalized spacial score (nSPS) is 11.0. The van der Waals surface area contributed by atoms with E-state index < -0.39 is 0 Å². The van der Waals surface area contributed by atoms with Gasteiger partial charge in [-0.05, 0) is 28.1 Å². The monoisotopic (exact) mass is 258 g/mol. The second kappa shape index (κ2) is 3.31. The molecule has 0 saturated carbocycles. The van der Waals surface area contributed by atoms with E-state index in [9.17, 15) is 0 Å². The molecule has 0 aliphatic heterocycles. The lowest BCUT2D eigenvalue weighted by Gasteiger charge is -1.92. The molecule has 2 aromatic rings. The molecule has 0 radical (unpaired) electrons. The molecule has 0 fully saturated rings. The topological polar surface area (TPSA) is 28.7 Å². The van der Waals surface area contributed by atoms with Crippen molar-refractivity contribution in [2.24, 2.45) is 0 Å². The van der Waals surface area contributed by atoms with Crippen molar-refractivity contribution in [3.05, 3.63) is 27.5 Å². The zero-order chi connectivity index (χ0) is 9.42. The number of fused-ring (bicyclic) bond motifs is 1. The van der Waals surface area contributed by atoms with Crippen LogP contribution in [-0.2, 0) is 6.42 Å². The molecule has 2 rings (SSSR count). The summed E-state index contributed by atoms with van der Waals surface area (Å²) in [6.07, 6.45) is 0.902. The molecule has 0 amide bonds. The molecule has 1 heterocycles. The standard InChI is InChI=1S/C9H8BrClN2/c1-2-8-12-7-4-5(11)3-6(10)9(7)13-8/h3-4H,2H2,1H3,(H,12,13). The highest BCUT2D eigenvalue weighted by Gasteiger charge is 2.05.